The minimum atomic E-state index is 0.996. The average Bonchev–Trinajstić information content (AvgIpc) is 2.33. The molecule has 0 bridgehead atoms. The van der Waals surface area contributed by atoms with Crippen molar-refractivity contribution in [1.82, 2.24) is 0 Å². The minimum absolute atomic E-state index is 0.996. The summed E-state index contributed by atoms with van der Waals surface area (Å²) in [6.45, 7) is 0. The summed E-state index contributed by atoms with van der Waals surface area (Å²) in [5, 5.41) is 0. The molecule has 9 heavy (non-hydrogen) atoms. The first-order chi connectivity index (χ1) is 4.47. The Morgan fingerprint density at radius 2 is 2.11 bits per heavy atom. The van der Waals surface area contributed by atoms with Gasteiger partial charge in [0.05, 0.1) is 0 Å². The monoisotopic (exact) mass is 113 g/mol. The van der Waals surface area contributed by atoms with Crippen molar-refractivity contribution in [2.24, 2.45) is 0 Å². The number of fused-ring (bicyclic) bond motifs is 1. The van der Waals surface area contributed by atoms with E-state index in [2.05, 4.69) is 36.3 Å². The van der Waals surface area contributed by atoms with Crippen molar-refractivity contribution in [1.29, 1.82) is 0 Å². The minimum Gasteiger partial charge on any atom is -0.0833 e. The SMILES string of the molecule is B1[C]=Cc2ccccc21. The third kappa shape index (κ3) is 0.691. The van der Waals surface area contributed by atoms with E-state index in [-0.39, 0.29) is 0 Å². The van der Waals surface area contributed by atoms with Gasteiger partial charge < -0.3 is 0 Å². The molecule has 41 valence electrons. The molecule has 0 aromatic heterocycles. The maximum absolute atomic E-state index is 3.16. The molecule has 1 aliphatic rings. The van der Waals surface area contributed by atoms with E-state index in [4.69, 9.17) is 0 Å². The lowest BCUT2D eigenvalue weighted by Gasteiger charge is -1.92. The second-order valence-corrected chi connectivity index (χ2v) is 2.22. The fourth-order valence-corrected chi connectivity index (χ4v) is 1.11. The summed E-state index contributed by atoms with van der Waals surface area (Å²) in [7, 11) is 0.996. The van der Waals surface area contributed by atoms with Gasteiger partial charge in [-0.15, -0.1) is 0 Å². The van der Waals surface area contributed by atoms with E-state index in [1.165, 1.54) is 11.0 Å². The van der Waals surface area contributed by atoms with E-state index in [0.717, 1.165) is 7.28 Å². The zero-order valence-electron chi connectivity index (χ0n) is 5.09. The van der Waals surface area contributed by atoms with Crippen LogP contribution in [0.1, 0.15) is 5.56 Å². The molecule has 0 fully saturated rings. The van der Waals surface area contributed by atoms with Gasteiger partial charge in [0.25, 0.3) is 0 Å². The summed E-state index contributed by atoms with van der Waals surface area (Å²) in [6, 6.07) is 8.39. The average molecular weight is 113 g/mol. The van der Waals surface area contributed by atoms with E-state index < -0.39 is 0 Å². The lowest BCUT2D eigenvalue weighted by Crippen LogP contribution is -2.09. The Kier molecular flexibility index (Phi) is 0.953. The summed E-state index contributed by atoms with van der Waals surface area (Å²) in [4.78, 5) is 0. The van der Waals surface area contributed by atoms with Crippen LogP contribution in [0.15, 0.2) is 24.3 Å². The number of hydrogen-bond acceptors (Lipinski definition) is 0. The Labute approximate surface area is 55.5 Å². The molecule has 1 aliphatic heterocycles. The van der Waals surface area contributed by atoms with E-state index in [0.29, 0.717) is 0 Å². The summed E-state index contributed by atoms with van der Waals surface area (Å²) in [5.74, 6) is 3.16. The van der Waals surface area contributed by atoms with Crippen molar-refractivity contribution in [2.75, 3.05) is 0 Å². The molecule has 0 atom stereocenters. The van der Waals surface area contributed by atoms with Crippen molar-refractivity contribution in [3.8, 4) is 0 Å². The molecule has 0 N–H and O–H groups in total. The van der Waals surface area contributed by atoms with Crippen LogP contribution < -0.4 is 5.46 Å². The molecule has 0 spiro atoms. The van der Waals surface area contributed by atoms with Gasteiger partial charge in [-0.05, 0) is 5.56 Å². The Balaban J connectivity index is 2.63. The maximum atomic E-state index is 3.16. The summed E-state index contributed by atoms with van der Waals surface area (Å²) in [6.07, 6.45) is 2.05. The number of hydrogen-bond donors (Lipinski definition) is 0. The third-order valence-corrected chi connectivity index (χ3v) is 1.61. The van der Waals surface area contributed by atoms with Crippen molar-refractivity contribution in [2.45, 2.75) is 0 Å². The van der Waals surface area contributed by atoms with Gasteiger partial charge in [0.1, 0.15) is 0 Å². The van der Waals surface area contributed by atoms with Crippen molar-refractivity contribution in [3.63, 3.8) is 0 Å². The van der Waals surface area contributed by atoms with E-state index in [1.807, 2.05) is 0 Å². The molecule has 2 rings (SSSR count). The molecule has 0 unspecified atom stereocenters. The lowest BCUT2D eigenvalue weighted by atomic mass is 9.74. The highest BCUT2D eigenvalue weighted by molar-refractivity contribution is 6.60. The first-order valence-corrected chi connectivity index (χ1v) is 3.11. The number of rotatable bonds is 0. The number of benzene rings is 1. The Morgan fingerprint density at radius 1 is 1.22 bits per heavy atom. The Hall–Kier alpha value is -0.975. The summed E-state index contributed by atoms with van der Waals surface area (Å²) in [5.41, 5.74) is 2.73. The van der Waals surface area contributed by atoms with Gasteiger partial charge in [0.15, 0.2) is 7.28 Å². The van der Waals surface area contributed by atoms with Crippen LogP contribution in [0.3, 0.4) is 0 Å². The molecule has 0 aliphatic carbocycles. The van der Waals surface area contributed by atoms with Gasteiger partial charge in [-0.1, -0.05) is 41.8 Å². The van der Waals surface area contributed by atoms with E-state index >= 15 is 0 Å². The third-order valence-electron chi connectivity index (χ3n) is 1.61. The zero-order chi connectivity index (χ0) is 6.10. The molecular formula is C8H6B. The standard InChI is InChI=1S/C8H6B/c1-2-4-8-7(3-1)5-6-9-8/h1-5,9H. The fraction of sp³-hybridized carbons (Fsp3) is 0. The topological polar surface area (TPSA) is 0 Å². The van der Waals surface area contributed by atoms with Crippen LogP contribution in [0.4, 0.5) is 0 Å². The fourth-order valence-electron chi connectivity index (χ4n) is 1.11. The molecule has 1 heterocycles. The second-order valence-electron chi connectivity index (χ2n) is 2.22. The molecule has 0 saturated carbocycles. The largest absolute Gasteiger partial charge is 0.192 e. The summed E-state index contributed by atoms with van der Waals surface area (Å²) < 4.78 is 0. The molecule has 1 aromatic carbocycles. The van der Waals surface area contributed by atoms with Crippen LogP contribution in [-0.2, 0) is 0 Å². The van der Waals surface area contributed by atoms with Crippen LogP contribution >= 0.6 is 0 Å². The van der Waals surface area contributed by atoms with Gasteiger partial charge in [0.2, 0.25) is 0 Å². The predicted octanol–water partition coefficient (Wildman–Crippen LogP) is 0.536. The molecule has 1 radical (unpaired) electrons. The van der Waals surface area contributed by atoms with Gasteiger partial charge in [-0.2, -0.15) is 0 Å². The molecular weight excluding hydrogens is 107 g/mol. The van der Waals surface area contributed by atoms with Crippen molar-refractivity contribution >= 4 is 18.8 Å². The van der Waals surface area contributed by atoms with Crippen LogP contribution in [0.2, 0.25) is 0 Å². The van der Waals surface area contributed by atoms with E-state index in [1.54, 1.807) is 0 Å². The highest BCUT2D eigenvalue weighted by atomic mass is 13.9. The second kappa shape index (κ2) is 1.76. The molecule has 0 amide bonds. The van der Waals surface area contributed by atoms with Crippen LogP contribution in [-0.4, -0.2) is 7.28 Å². The smallest absolute Gasteiger partial charge is 0.0833 e. The van der Waals surface area contributed by atoms with Crippen LogP contribution in [0, 0.1) is 5.98 Å². The zero-order valence-corrected chi connectivity index (χ0v) is 5.09. The highest BCUT2D eigenvalue weighted by Gasteiger charge is 2.02. The molecule has 0 nitrogen and oxygen atoms in total. The highest BCUT2D eigenvalue weighted by Crippen LogP contribution is 2.02. The van der Waals surface area contributed by atoms with Gasteiger partial charge in [0, 0.05) is 0 Å². The van der Waals surface area contributed by atoms with Gasteiger partial charge in [-0.3, -0.25) is 0 Å². The quantitative estimate of drug-likeness (QED) is 0.430. The van der Waals surface area contributed by atoms with E-state index in [9.17, 15) is 0 Å². The maximum Gasteiger partial charge on any atom is 0.192 e. The Bertz CT molecular complexity index is 250. The normalized spacial score (nSPS) is 12.9. The first-order valence-electron chi connectivity index (χ1n) is 3.11. The lowest BCUT2D eigenvalue weighted by molar-refractivity contribution is 1.73. The molecule has 1 aromatic rings. The van der Waals surface area contributed by atoms with Gasteiger partial charge >= 0.3 is 0 Å². The molecule has 1 heteroatoms. The van der Waals surface area contributed by atoms with Gasteiger partial charge in [-0.25, -0.2) is 0 Å². The van der Waals surface area contributed by atoms with Crippen LogP contribution in [0.25, 0.3) is 6.08 Å². The first kappa shape index (κ1) is 4.86. The Morgan fingerprint density at radius 3 is 3.00 bits per heavy atom. The summed E-state index contributed by atoms with van der Waals surface area (Å²) >= 11 is 0. The van der Waals surface area contributed by atoms with Crippen LogP contribution in [0.5, 0.6) is 0 Å². The predicted molar refractivity (Wildman–Crippen MR) is 40.9 cm³/mol. The van der Waals surface area contributed by atoms with Crippen molar-refractivity contribution < 1.29 is 0 Å². The van der Waals surface area contributed by atoms with Crippen molar-refractivity contribution in [3.05, 3.63) is 35.8 Å². The molecule has 0 saturated heterocycles.